The first kappa shape index (κ1) is 16.0. The van der Waals surface area contributed by atoms with Crippen LogP contribution in [0.25, 0.3) is 0 Å². The fraction of sp³-hybridized carbons (Fsp3) is 0.571. The van der Waals surface area contributed by atoms with Crippen LogP contribution in [-0.4, -0.2) is 33.4 Å². The molecular formula is C14H23NO3S. The number of anilines is 1. The molecule has 0 heterocycles. The third-order valence-electron chi connectivity index (χ3n) is 2.96. The second-order valence-electron chi connectivity index (χ2n) is 5.16. The lowest BCUT2D eigenvalue weighted by Crippen LogP contribution is -2.32. The molecule has 1 aromatic rings. The van der Waals surface area contributed by atoms with Crippen molar-refractivity contribution < 1.29 is 13.2 Å². The summed E-state index contributed by atoms with van der Waals surface area (Å²) in [5, 5.41) is 3.23. The largest absolute Gasteiger partial charge is 0.382 e. The summed E-state index contributed by atoms with van der Waals surface area (Å²) >= 11 is 0. The smallest absolute Gasteiger partial charge is 0.178 e. The number of sulfone groups is 1. The SMILES string of the molecule is CCCS(=O)(=O)c1ccc(NCC(C)(C)OC)cc1. The van der Waals surface area contributed by atoms with Crippen LogP contribution in [0.2, 0.25) is 0 Å². The van der Waals surface area contributed by atoms with Crippen molar-refractivity contribution in [2.24, 2.45) is 0 Å². The number of ether oxygens (including phenoxy) is 1. The van der Waals surface area contributed by atoms with Crippen molar-refractivity contribution in [3.05, 3.63) is 24.3 Å². The van der Waals surface area contributed by atoms with E-state index in [1.807, 2.05) is 20.8 Å². The van der Waals surface area contributed by atoms with Crippen LogP contribution < -0.4 is 5.32 Å². The molecule has 1 rings (SSSR count). The van der Waals surface area contributed by atoms with Crippen molar-refractivity contribution in [1.82, 2.24) is 0 Å². The number of hydrogen-bond donors (Lipinski definition) is 1. The monoisotopic (exact) mass is 285 g/mol. The number of methoxy groups -OCH3 is 1. The average Bonchev–Trinajstić information content (AvgIpc) is 2.37. The zero-order valence-corrected chi connectivity index (χ0v) is 12.9. The molecule has 0 atom stereocenters. The first-order valence-corrected chi connectivity index (χ1v) is 8.08. The minimum atomic E-state index is -3.13. The van der Waals surface area contributed by atoms with Crippen molar-refractivity contribution in [2.75, 3.05) is 24.7 Å². The van der Waals surface area contributed by atoms with Crippen LogP contribution in [0.1, 0.15) is 27.2 Å². The van der Waals surface area contributed by atoms with Gasteiger partial charge in [-0.3, -0.25) is 0 Å². The van der Waals surface area contributed by atoms with Crippen molar-refractivity contribution in [3.63, 3.8) is 0 Å². The minimum absolute atomic E-state index is 0.191. The predicted octanol–water partition coefficient (Wildman–Crippen LogP) is 2.71. The fourth-order valence-electron chi connectivity index (χ4n) is 1.55. The third kappa shape index (κ3) is 4.84. The van der Waals surface area contributed by atoms with Crippen LogP contribution in [0.4, 0.5) is 5.69 Å². The van der Waals surface area contributed by atoms with Crippen LogP contribution >= 0.6 is 0 Å². The van der Waals surface area contributed by atoms with E-state index in [0.29, 0.717) is 17.9 Å². The molecule has 0 saturated heterocycles. The molecule has 0 bridgehead atoms. The van der Waals surface area contributed by atoms with Gasteiger partial charge in [0, 0.05) is 19.3 Å². The van der Waals surface area contributed by atoms with E-state index < -0.39 is 9.84 Å². The number of nitrogens with one attached hydrogen (secondary N) is 1. The van der Waals surface area contributed by atoms with Crippen molar-refractivity contribution in [2.45, 2.75) is 37.7 Å². The first-order chi connectivity index (χ1) is 8.80. The summed E-state index contributed by atoms with van der Waals surface area (Å²) in [4.78, 5) is 0.380. The Hall–Kier alpha value is -1.07. The van der Waals surface area contributed by atoms with E-state index in [-0.39, 0.29) is 11.4 Å². The molecule has 108 valence electrons. The highest BCUT2D eigenvalue weighted by molar-refractivity contribution is 7.91. The molecule has 0 unspecified atom stereocenters. The molecule has 0 spiro atoms. The fourth-order valence-corrected chi connectivity index (χ4v) is 2.88. The molecule has 0 aliphatic carbocycles. The maximum atomic E-state index is 11.9. The molecule has 0 aliphatic rings. The highest BCUT2D eigenvalue weighted by Gasteiger charge is 2.16. The summed E-state index contributed by atoms with van der Waals surface area (Å²) in [6.07, 6.45) is 0.629. The van der Waals surface area contributed by atoms with E-state index >= 15 is 0 Å². The second-order valence-corrected chi connectivity index (χ2v) is 7.27. The topological polar surface area (TPSA) is 55.4 Å². The molecule has 0 amide bonds. The highest BCUT2D eigenvalue weighted by Crippen LogP contribution is 2.17. The molecule has 19 heavy (non-hydrogen) atoms. The lowest BCUT2D eigenvalue weighted by molar-refractivity contribution is 0.0344. The van der Waals surface area contributed by atoms with Gasteiger partial charge in [0.1, 0.15) is 0 Å². The van der Waals surface area contributed by atoms with Crippen LogP contribution in [0, 0.1) is 0 Å². The van der Waals surface area contributed by atoms with Crippen LogP contribution in [-0.2, 0) is 14.6 Å². The van der Waals surface area contributed by atoms with Gasteiger partial charge in [-0.25, -0.2) is 8.42 Å². The second kappa shape index (κ2) is 6.39. The number of rotatable bonds is 7. The van der Waals surface area contributed by atoms with Gasteiger partial charge < -0.3 is 10.1 Å². The van der Waals surface area contributed by atoms with Crippen molar-refractivity contribution in [3.8, 4) is 0 Å². The van der Waals surface area contributed by atoms with Gasteiger partial charge >= 0.3 is 0 Å². The van der Waals surface area contributed by atoms with E-state index in [2.05, 4.69) is 5.32 Å². The Morgan fingerprint density at radius 2 is 1.79 bits per heavy atom. The van der Waals surface area contributed by atoms with Crippen molar-refractivity contribution in [1.29, 1.82) is 0 Å². The van der Waals surface area contributed by atoms with Gasteiger partial charge in [0.25, 0.3) is 0 Å². The summed E-state index contributed by atoms with van der Waals surface area (Å²) in [5.74, 6) is 0.191. The van der Waals surface area contributed by atoms with Gasteiger partial charge in [-0.1, -0.05) is 6.92 Å². The Bertz CT molecular complexity index is 492. The highest BCUT2D eigenvalue weighted by atomic mass is 32.2. The summed E-state index contributed by atoms with van der Waals surface area (Å²) in [6, 6.07) is 6.86. The Labute approximate surface area is 116 Å². The zero-order chi connectivity index (χ0) is 14.5. The van der Waals surface area contributed by atoms with Gasteiger partial charge in [-0.15, -0.1) is 0 Å². The Morgan fingerprint density at radius 3 is 2.26 bits per heavy atom. The van der Waals surface area contributed by atoms with E-state index in [1.54, 1.807) is 31.4 Å². The summed E-state index contributed by atoms with van der Waals surface area (Å²) in [6.45, 7) is 6.49. The van der Waals surface area contributed by atoms with Crippen LogP contribution in [0.5, 0.6) is 0 Å². The molecule has 0 aromatic heterocycles. The minimum Gasteiger partial charge on any atom is -0.382 e. The number of benzene rings is 1. The van der Waals surface area contributed by atoms with Gasteiger partial charge in [0.05, 0.1) is 16.2 Å². The average molecular weight is 285 g/mol. The van der Waals surface area contributed by atoms with Crippen LogP contribution in [0.3, 0.4) is 0 Å². The first-order valence-electron chi connectivity index (χ1n) is 6.42. The van der Waals surface area contributed by atoms with E-state index in [9.17, 15) is 8.42 Å². The molecule has 5 heteroatoms. The predicted molar refractivity (Wildman–Crippen MR) is 78.4 cm³/mol. The molecule has 0 saturated carbocycles. The van der Waals surface area contributed by atoms with E-state index in [4.69, 9.17) is 4.74 Å². The Balaban J connectivity index is 2.72. The summed E-state index contributed by atoms with van der Waals surface area (Å²) in [7, 11) is -1.46. The van der Waals surface area contributed by atoms with Crippen molar-refractivity contribution >= 4 is 15.5 Å². The van der Waals surface area contributed by atoms with Gasteiger partial charge in [0.15, 0.2) is 9.84 Å². The molecule has 0 aliphatic heterocycles. The molecular weight excluding hydrogens is 262 g/mol. The third-order valence-corrected chi connectivity index (χ3v) is 4.89. The maximum absolute atomic E-state index is 11.9. The van der Waals surface area contributed by atoms with E-state index in [1.165, 1.54) is 0 Å². The maximum Gasteiger partial charge on any atom is 0.178 e. The normalized spacial score (nSPS) is 12.4. The lowest BCUT2D eigenvalue weighted by Gasteiger charge is -2.23. The standard InChI is InChI=1S/C14H23NO3S/c1-5-10-19(16,17)13-8-6-12(7-9-13)15-11-14(2,3)18-4/h6-9,15H,5,10-11H2,1-4H3. The lowest BCUT2D eigenvalue weighted by atomic mass is 10.1. The molecule has 1 N–H and O–H groups in total. The molecule has 1 aromatic carbocycles. The quantitative estimate of drug-likeness (QED) is 0.837. The summed E-state index contributed by atoms with van der Waals surface area (Å²) < 4.78 is 29.0. The van der Waals surface area contributed by atoms with E-state index in [0.717, 1.165) is 5.69 Å². The molecule has 0 radical (unpaired) electrons. The Morgan fingerprint density at radius 1 is 1.21 bits per heavy atom. The molecule has 0 fully saturated rings. The Kier molecular flexibility index (Phi) is 5.38. The molecule has 4 nitrogen and oxygen atoms in total. The van der Waals surface area contributed by atoms with Gasteiger partial charge in [-0.05, 0) is 44.5 Å². The zero-order valence-electron chi connectivity index (χ0n) is 12.1. The van der Waals surface area contributed by atoms with Gasteiger partial charge in [0.2, 0.25) is 0 Å². The van der Waals surface area contributed by atoms with Gasteiger partial charge in [-0.2, -0.15) is 0 Å². The van der Waals surface area contributed by atoms with Crippen LogP contribution in [0.15, 0.2) is 29.2 Å². The number of hydrogen-bond acceptors (Lipinski definition) is 4. The summed E-state index contributed by atoms with van der Waals surface area (Å²) in [5.41, 5.74) is 0.632.